The van der Waals surface area contributed by atoms with Gasteiger partial charge in [0.25, 0.3) is 0 Å². The zero-order valence-electron chi connectivity index (χ0n) is 15.4. The first-order valence-corrected chi connectivity index (χ1v) is 9.63. The number of hydrogen-bond donors (Lipinski definition) is 1. The lowest BCUT2D eigenvalue weighted by Gasteiger charge is -2.09. The number of nitrogens with zero attached hydrogens (tertiary/aromatic N) is 1. The Bertz CT molecular complexity index is 890. The second kappa shape index (κ2) is 9.19. The van der Waals surface area contributed by atoms with Gasteiger partial charge in [-0.3, -0.25) is 4.79 Å². The number of rotatable bonds is 8. The van der Waals surface area contributed by atoms with E-state index in [-0.39, 0.29) is 12.3 Å². The number of aromatic nitrogens is 1. The van der Waals surface area contributed by atoms with Crippen molar-refractivity contribution in [1.29, 1.82) is 0 Å². The van der Waals surface area contributed by atoms with Gasteiger partial charge in [-0.25, -0.2) is 4.98 Å². The van der Waals surface area contributed by atoms with E-state index in [2.05, 4.69) is 10.3 Å². The molecule has 6 heteroatoms. The Morgan fingerprint density at radius 3 is 2.67 bits per heavy atom. The van der Waals surface area contributed by atoms with E-state index < -0.39 is 0 Å². The van der Waals surface area contributed by atoms with Crippen molar-refractivity contribution in [2.45, 2.75) is 19.9 Å². The first kappa shape index (κ1) is 18.9. The number of thiazole rings is 1. The molecule has 0 radical (unpaired) electrons. The van der Waals surface area contributed by atoms with E-state index in [1.165, 1.54) is 11.3 Å². The lowest BCUT2D eigenvalue weighted by Crippen LogP contribution is -2.24. The Balaban J connectivity index is 1.57. The van der Waals surface area contributed by atoms with Crippen molar-refractivity contribution in [3.05, 3.63) is 65.2 Å². The minimum absolute atomic E-state index is 0.0653. The molecule has 0 fully saturated rings. The highest BCUT2D eigenvalue weighted by molar-refractivity contribution is 7.13. The zero-order valence-corrected chi connectivity index (χ0v) is 16.2. The Labute approximate surface area is 163 Å². The van der Waals surface area contributed by atoms with Gasteiger partial charge in [0.15, 0.2) is 0 Å². The predicted octanol–water partition coefficient (Wildman–Crippen LogP) is 4.08. The minimum Gasteiger partial charge on any atom is -0.496 e. The smallest absolute Gasteiger partial charge is 0.226 e. The van der Waals surface area contributed by atoms with E-state index in [1.807, 2.05) is 60.8 Å². The summed E-state index contributed by atoms with van der Waals surface area (Å²) in [6.07, 6.45) is 0.253. The van der Waals surface area contributed by atoms with Crippen molar-refractivity contribution in [2.24, 2.45) is 0 Å². The lowest BCUT2D eigenvalue weighted by atomic mass is 10.2. The number of amides is 1. The molecule has 1 N–H and O–H groups in total. The van der Waals surface area contributed by atoms with Crippen LogP contribution in [0.1, 0.15) is 18.2 Å². The van der Waals surface area contributed by atoms with Gasteiger partial charge in [0.1, 0.15) is 16.5 Å². The molecule has 3 rings (SSSR count). The summed E-state index contributed by atoms with van der Waals surface area (Å²) in [5.41, 5.74) is 2.73. The van der Waals surface area contributed by atoms with Crippen molar-refractivity contribution in [1.82, 2.24) is 10.3 Å². The van der Waals surface area contributed by atoms with Crippen LogP contribution in [0, 0.1) is 0 Å². The van der Waals surface area contributed by atoms with Crippen LogP contribution in [0.15, 0.2) is 53.9 Å². The van der Waals surface area contributed by atoms with E-state index >= 15 is 0 Å². The van der Waals surface area contributed by atoms with Gasteiger partial charge in [0.2, 0.25) is 5.91 Å². The number of carbonyl (C=O) groups is 1. The van der Waals surface area contributed by atoms with Crippen LogP contribution in [0.2, 0.25) is 0 Å². The average Bonchev–Trinajstić information content (AvgIpc) is 3.16. The lowest BCUT2D eigenvalue weighted by molar-refractivity contribution is -0.120. The Kier molecular flexibility index (Phi) is 6.44. The maximum atomic E-state index is 12.2. The fourth-order valence-corrected chi connectivity index (χ4v) is 3.48. The van der Waals surface area contributed by atoms with Crippen molar-refractivity contribution in [3.63, 3.8) is 0 Å². The molecule has 0 saturated carbocycles. The van der Waals surface area contributed by atoms with E-state index in [0.29, 0.717) is 13.2 Å². The van der Waals surface area contributed by atoms with Crippen LogP contribution >= 0.6 is 11.3 Å². The molecular weight excluding hydrogens is 360 g/mol. The van der Waals surface area contributed by atoms with Gasteiger partial charge < -0.3 is 14.8 Å². The molecule has 0 spiro atoms. The fourth-order valence-electron chi connectivity index (χ4n) is 2.65. The van der Waals surface area contributed by atoms with E-state index in [0.717, 1.165) is 33.3 Å². The van der Waals surface area contributed by atoms with Gasteiger partial charge in [-0.2, -0.15) is 0 Å². The van der Waals surface area contributed by atoms with Crippen molar-refractivity contribution >= 4 is 17.2 Å². The second-order valence-electron chi connectivity index (χ2n) is 5.87. The monoisotopic (exact) mass is 382 g/mol. The van der Waals surface area contributed by atoms with Gasteiger partial charge in [0.05, 0.1) is 25.8 Å². The third-order valence-corrected chi connectivity index (χ3v) is 4.91. The molecule has 1 amide bonds. The normalized spacial score (nSPS) is 10.4. The number of benzene rings is 2. The summed E-state index contributed by atoms with van der Waals surface area (Å²) >= 11 is 1.53. The third kappa shape index (κ3) is 5.08. The average molecular weight is 382 g/mol. The molecule has 0 aliphatic heterocycles. The van der Waals surface area contributed by atoms with Crippen molar-refractivity contribution < 1.29 is 14.3 Å². The molecule has 0 aliphatic rings. The van der Waals surface area contributed by atoms with Crippen molar-refractivity contribution in [3.8, 4) is 22.1 Å². The Morgan fingerprint density at radius 1 is 1.15 bits per heavy atom. The number of para-hydroxylation sites is 1. The molecule has 3 aromatic rings. The molecule has 27 heavy (non-hydrogen) atoms. The van der Waals surface area contributed by atoms with Crippen molar-refractivity contribution in [2.75, 3.05) is 13.7 Å². The minimum atomic E-state index is -0.0653. The Morgan fingerprint density at radius 2 is 1.93 bits per heavy atom. The summed E-state index contributed by atoms with van der Waals surface area (Å²) in [6, 6.07) is 15.5. The highest BCUT2D eigenvalue weighted by atomic mass is 32.1. The highest BCUT2D eigenvalue weighted by Gasteiger charge is 2.10. The van der Waals surface area contributed by atoms with E-state index in [4.69, 9.17) is 9.47 Å². The van der Waals surface area contributed by atoms with Crippen LogP contribution in [0.4, 0.5) is 0 Å². The predicted molar refractivity (Wildman–Crippen MR) is 107 cm³/mol. The van der Waals surface area contributed by atoms with Gasteiger partial charge in [-0.1, -0.05) is 18.2 Å². The van der Waals surface area contributed by atoms with Crippen LogP contribution in [0.5, 0.6) is 11.5 Å². The number of carbonyl (C=O) groups excluding carboxylic acids is 1. The van der Waals surface area contributed by atoms with Crippen LogP contribution in [0.3, 0.4) is 0 Å². The van der Waals surface area contributed by atoms with Gasteiger partial charge in [-0.05, 0) is 37.3 Å². The Hall–Kier alpha value is -2.86. The van der Waals surface area contributed by atoms with Gasteiger partial charge in [-0.15, -0.1) is 11.3 Å². The molecule has 0 atom stereocenters. The number of ether oxygens (including phenoxy) is 2. The molecule has 0 saturated heterocycles. The summed E-state index contributed by atoms with van der Waals surface area (Å²) in [4.78, 5) is 16.8. The highest BCUT2D eigenvalue weighted by Crippen LogP contribution is 2.26. The standard InChI is InChI=1S/C21H22N2O3S/c1-3-26-18-10-8-15(9-11-18)21-23-17(14-27-21)12-20(24)22-13-16-6-4-5-7-19(16)25-2/h4-11,14H,3,12-13H2,1-2H3,(H,22,24). The van der Waals surface area contributed by atoms with Crippen LogP contribution in [0.25, 0.3) is 10.6 Å². The quantitative estimate of drug-likeness (QED) is 0.638. The summed E-state index contributed by atoms with van der Waals surface area (Å²) < 4.78 is 10.8. The molecule has 140 valence electrons. The third-order valence-electron chi connectivity index (χ3n) is 3.97. The van der Waals surface area contributed by atoms with Gasteiger partial charge >= 0.3 is 0 Å². The second-order valence-corrected chi connectivity index (χ2v) is 6.72. The van der Waals surface area contributed by atoms with E-state index in [9.17, 15) is 4.79 Å². The molecule has 5 nitrogen and oxygen atoms in total. The maximum Gasteiger partial charge on any atom is 0.226 e. The number of methoxy groups -OCH3 is 1. The maximum absolute atomic E-state index is 12.2. The fraction of sp³-hybridized carbons (Fsp3) is 0.238. The summed E-state index contributed by atoms with van der Waals surface area (Å²) in [5.74, 6) is 1.54. The molecule has 0 bridgehead atoms. The topological polar surface area (TPSA) is 60.5 Å². The van der Waals surface area contributed by atoms with E-state index in [1.54, 1.807) is 7.11 Å². The van der Waals surface area contributed by atoms with Gasteiger partial charge in [0, 0.05) is 23.1 Å². The first-order valence-electron chi connectivity index (χ1n) is 8.76. The van der Waals surface area contributed by atoms with Crippen LogP contribution < -0.4 is 14.8 Å². The summed E-state index contributed by atoms with van der Waals surface area (Å²) in [7, 11) is 1.62. The molecular formula is C21H22N2O3S. The summed E-state index contributed by atoms with van der Waals surface area (Å²) in [6.45, 7) is 3.03. The molecule has 2 aromatic carbocycles. The SMILES string of the molecule is CCOc1ccc(-c2nc(CC(=O)NCc3ccccc3OC)cs2)cc1. The first-order chi connectivity index (χ1) is 13.2. The molecule has 1 heterocycles. The van der Waals surface area contributed by atoms with Crippen LogP contribution in [-0.4, -0.2) is 24.6 Å². The molecule has 1 aromatic heterocycles. The zero-order chi connectivity index (χ0) is 19.1. The molecule has 0 aliphatic carbocycles. The molecule has 0 unspecified atom stereocenters. The summed E-state index contributed by atoms with van der Waals surface area (Å²) in [5, 5.41) is 5.74. The number of nitrogens with one attached hydrogen (secondary N) is 1. The van der Waals surface area contributed by atoms with Crippen LogP contribution in [-0.2, 0) is 17.8 Å². The largest absolute Gasteiger partial charge is 0.496 e. The number of hydrogen-bond acceptors (Lipinski definition) is 5.